The Kier molecular flexibility index (Phi) is 5.85. The summed E-state index contributed by atoms with van der Waals surface area (Å²) in [6.07, 6.45) is 0. The number of amides is 1. The van der Waals surface area contributed by atoms with Gasteiger partial charge in [-0.05, 0) is 48.5 Å². The maximum atomic E-state index is 12.4. The molecular formula is C20H18N6O4S. The third-order valence-corrected chi connectivity index (χ3v) is 5.24. The molecule has 31 heavy (non-hydrogen) atoms. The van der Waals surface area contributed by atoms with Crippen molar-refractivity contribution in [2.45, 2.75) is 5.16 Å². The van der Waals surface area contributed by atoms with Crippen molar-refractivity contribution in [2.24, 2.45) is 0 Å². The Labute approximate surface area is 180 Å². The highest BCUT2D eigenvalue weighted by Gasteiger charge is 2.15. The molecule has 0 saturated carbocycles. The number of hydrogen-bond donors (Lipinski definition) is 2. The van der Waals surface area contributed by atoms with Crippen molar-refractivity contribution in [3.8, 4) is 22.8 Å². The molecule has 2 aromatic heterocycles. The Bertz CT molecular complexity index is 1270. The first-order chi connectivity index (χ1) is 15.1. The number of fused-ring (bicyclic) bond motifs is 1. The van der Waals surface area contributed by atoms with E-state index in [4.69, 9.17) is 9.47 Å². The lowest BCUT2D eigenvalue weighted by atomic mass is 10.1. The number of rotatable bonds is 7. The molecule has 4 rings (SSSR count). The molecule has 0 fully saturated rings. The summed E-state index contributed by atoms with van der Waals surface area (Å²) in [5.41, 5.74) is 1.09. The van der Waals surface area contributed by atoms with E-state index in [1.54, 1.807) is 62.8 Å². The zero-order valence-corrected chi connectivity index (χ0v) is 17.5. The van der Waals surface area contributed by atoms with Gasteiger partial charge < -0.3 is 14.8 Å². The number of methoxy groups -OCH3 is 2. The third kappa shape index (κ3) is 4.51. The second-order valence-corrected chi connectivity index (χ2v) is 7.26. The van der Waals surface area contributed by atoms with Crippen molar-refractivity contribution in [3.05, 3.63) is 58.9 Å². The van der Waals surface area contributed by atoms with E-state index in [1.807, 2.05) is 0 Å². The van der Waals surface area contributed by atoms with Gasteiger partial charge in [-0.3, -0.25) is 14.6 Å². The molecule has 0 aliphatic heterocycles. The van der Waals surface area contributed by atoms with E-state index in [0.29, 0.717) is 27.9 Å². The van der Waals surface area contributed by atoms with Gasteiger partial charge in [0.2, 0.25) is 11.1 Å². The van der Waals surface area contributed by atoms with Crippen molar-refractivity contribution in [3.63, 3.8) is 0 Å². The largest absolute Gasteiger partial charge is 0.497 e. The summed E-state index contributed by atoms with van der Waals surface area (Å²) in [4.78, 5) is 27.4. The van der Waals surface area contributed by atoms with E-state index in [1.165, 1.54) is 4.52 Å². The van der Waals surface area contributed by atoms with E-state index in [0.717, 1.165) is 11.8 Å². The number of anilines is 1. The van der Waals surface area contributed by atoms with Crippen LogP contribution in [-0.4, -0.2) is 50.7 Å². The first-order valence-corrected chi connectivity index (χ1v) is 10.1. The van der Waals surface area contributed by atoms with Crippen LogP contribution in [0.3, 0.4) is 0 Å². The van der Waals surface area contributed by atoms with E-state index in [-0.39, 0.29) is 28.7 Å². The van der Waals surface area contributed by atoms with E-state index >= 15 is 0 Å². The first-order valence-electron chi connectivity index (χ1n) is 9.14. The predicted molar refractivity (Wildman–Crippen MR) is 116 cm³/mol. The highest BCUT2D eigenvalue weighted by molar-refractivity contribution is 7.99. The Morgan fingerprint density at radius 1 is 1.03 bits per heavy atom. The number of aromatic nitrogens is 5. The van der Waals surface area contributed by atoms with Crippen molar-refractivity contribution in [1.82, 2.24) is 24.8 Å². The zero-order chi connectivity index (χ0) is 21.8. The number of benzene rings is 2. The average molecular weight is 438 g/mol. The maximum absolute atomic E-state index is 12.4. The summed E-state index contributed by atoms with van der Waals surface area (Å²) >= 11 is 1.16. The van der Waals surface area contributed by atoms with Crippen LogP contribution in [0.1, 0.15) is 0 Å². The fourth-order valence-corrected chi connectivity index (χ4v) is 3.45. The minimum Gasteiger partial charge on any atom is -0.497 e. The van der Waals surface area contributed by atoms with Gasteiger partial charge >= 0.3 is 0 Å². The summed E-state index contributed by atoms with van der Waals surface area (Å²) in [5, 5.41) is 15.5. The second-order valence-electron chi connectivity index (χ2n) is 6.31. The molecule has 0 aliphatic rings. The van der Waals surface area contributed by atoms with Crippen LogP contribution in [0.4, 0.5) is 5.69 Å². The molecule has 2 heterocycles. The number of thioether (sulfide) groups is 1. The second kappa shape index (κ2) is 8.88. The number of nitrogens with zero attached hydrogens (tertiary/aromatic N) is 4. The number of aromatic amines is 1. The molecule has 0 radical (unpaired) electrons. The van der Waals surface area contributed by atoms with Gasteiger partial charge in [-0.15, -0.1) is 10.2 Å². The van der Waals surface area contributed by atoms with Gasteiger partial charge in [-0.2, -0.15) is 9.61 Å². The van der Waals surface area contributed by atoms with Crippen LogP contribution < -0.4 is 20.3 Å². The third-order valence-electron chi connectivity index (χ3n) is 4.32. The van der Waals surface area contributed by atoms with Gasteiger partial charge in [0.1, 0.15) is 11.5 Å². The SMILES string of the molecule is COc1ccc(NC(=O)CSc2nnc3[nH]c(=O)c(-c4ccc(OC)cc4)nn23)cc1. The molecule has 2 aromatic carbocycles. The molecule has 1 amide bonds. The van der Waals surface area contributed by atoms with Gasteiger partial charge in [0.15, 0.2) is 5.69 Å². The van der Waals surface area contributed by atoms with E-state index < -0.39 is 0 Å². The normalized spacial score (nSPS) is 10.8. The fraction of sp³-hybridized carbons (Fsp3) is 0.150. The molecule has 10 nitrogen and oxygen atoms in total. The van der Waals surface area contributed by atoms with Gasteiger partial charge in [-0.1, -0.05) is 11.8 Å². The first kappa shape index (κ1) is 20.4. The number of ether oxygens (including phenoxy) is 2. The molecule has 158 valence electrons. The lowest BCUT2D eigenvalue weighted by Crippen LogP contribution is -2.16. The summed E-state index contributed by atoms with van der Waals surface area (Å²) < 4.78 is 11.7. The van der Waals surface area contributed by atoms with Crippen LogP contribution in [0.5, 0.6) is 11.5 Å². The van der Waals surface area contributed by atoms with Gasteiger partial charge in [0, 0.05) is 11.3 Å². The highest BCUT2D eigenvalue weighted by atomic mass is 32.2. The topological polar surface area (TPSA) is 124 Å². The Hall–Kier alpha value is -3.86. The highest BCUT2D eigenvalue weighted by Crippen LogP contribution is 2.20. The van der Waals surface area contributed by atoms with Gasteiger partial charge in [0.25, 0.3) is 11.3 Å². The Balaban J connectivity index is 1.51. The van der Waals surface area contributed by atoms with Crippen molar-refractivity contribution < 1.29 is 14.3 Å². The van der Waals surface area contributed by atoms with Crippen molar-refractivity contribution in [2.75, 3.05) is 25.3 Å². The number of carbonyl (C=O) groups is 1. The van der Waals surface area contributed by atoms with Gasteiger partial charge in [-0.25, -0.2) is 0 Å². The summed E-state index contributed by atoms with van der Waals surface area (Å²) in [5.74, 6) is 1.44. The lowest BCUT2D eigenvalue weighted by Gasteiger charge is -2.06. The van der Waals surface area contributed by atoms with Crippen molar-refractivity contribution in [1.29, 1.82) is 0 Å². The minimum atomic E-state index is -0.390. The standard InChI is InChI=1S/C20H18N6O4S/c1-29-14-7-3-12(4-8-14)17-18(28)22-19-23-24-20(26(19)25-17)31-11-16(27)21-13-5-9-15(30-2)10-6-13/h3-10H,11H2,1-2H3,(H,21,27)(H,22,23,28). The van der Waals surface area contributed by atoms with E-state index in [9.17, 15) is 9.59 Å². The molecule has 0 unspecified atom stereocenters. The summed E-state index contributed by atoms with van der Waals surface area (Å²) in [7, 11) is 3.14. The Morgan fingerprint density at radius 2 is 1.68 bits per heavy atom. The molecule has 0 saturated heterocycles. The van der Waals surface area contributed by atoms with Crippen LogP contribution in [0.2, 0.25) is 0 Å². The molecule has 0 aliphatic carbocycles. The maximum Gasteiger partial charge on any atom is 0.279 e. The average Bonchev–Trinajstić information content (AvgIpc) is 3.19. The summed E-state index contributed by atoms with van der Waals surface area (Å²) in [6.45, 7) is 0. The fourth-order valence-electron chi connectivity index (χ4n) is 2.77. The molecule has 2 N–H and O–H groups in total. The smallest absolute Gasteiger partial charge is 0.279 e. The molecule has 4 aromatic rings. The molecule has 0 atom stereocenters. The quantitative estimate of drug-likeness (QED) is 0.421. The number of hydrogen-bond acceptors (Lipinski definition) is 8. The summed E-state index contributed by atoms with van der Waals surface area (Å²) in [6, 6.07) is 14.0. The number of nitrogens with one attached hydrogen (secondary N) is 2. The molecular weight excluding hydrogens is 420 g/mol. The Morgan fingerprint density at radius 3 is 2.32 bits per heavy atom. The van der Waals surface area contributed by atoms with Crippen LogP contribution in [0.15, 0.2) is 58.5 Å². The van der Waals surface area contributed by atoms with Gasteiger partial charge in [0.05, 0.1) is 20.0 Å². The zero-order valence-electron chi connectivity index (χ0n) is 16.7. The molecule has 0 spiro atoms. The number of H-pyrrole nitrogens is 1. The predicted octanol–water partition coefficient (Wildman–Crippen LogP) is 2.23. The van der Waals surface area contributed by atoms with Crippen molar-refractivity contribution >= 4 is 29.1 Å². The number of carbonyl (C=O) groups excluding carboxylic acids is 1. The van der Waals surface area contributed by atoms with Crippen LogP contribution in [0, 0.1) is 0 Å². The molecule has 11 heteroatoms. The lowest BCUT2D eigenvalue weighted by molar-refractivity contribution is -0.113. The van der Waals surface area contributed by atoms with Crippen LogP contribution in [0.25, 0.3) is 17.0 Å². The van der Waals surface area contributed by atoms with Crippen LogP contribution in [-0.2, 0) is 4.79 Å². The minimum absolute atomic E-state index is 0.0888. The van der Waals surface area contributed by atoms with Crippen LogP contribution >= 0.6 is 11.8 Å². The monoisotopic (exact) mass is 438 g/mol. The van der Waals surface area contributed by atoms with E-state index in [2.05, 4.69) is 25.6 Å². The molecule has 0 bridgehead atoms.